The van der Waals surface area contributed by atoms with Crippen LogP contribution in [0.25, 0.3) is 0 Å². The third kappa shape index (κ3) is 4.09. The minimum absolute atomic E-state index is 0.0251. The molecule has 1 atom stereocenters. The lowest BCUT2D eigenvalue weighted by molar-refractivity contribution is 0.127. The first-order valence-electron chi connectivity index (χ1n) is 5.96. The van der Waals surface area contributed by atoms with Crippen LogP contribution in [0.1, 0.15) is 12.8 Å². The minimum atomic E-state index is -3.44. The van der Waals surface area contributed by atoms with Crippen molar-refractivity contribution < 1.29 is 17.9 Å². The normalized spacial score (nSPS) is 19.4. The summed E-state index contributed by atoms with van der Waals surface area (Å²) in [6.07, 6.45) is 1.49. The molecule has 1 N–H and O–H groups in total. The molecular weight excluding hydrogens is 334 g/mol. The van der Waals surface area contributed by atoms with Gasteiger partial charge in [-0.2, -0.15) is 0 Å². The minimum Gasteiger partial charge on any atom is -0.495 e. The fourth-order valence-electron chi connectivity index (χ4n) is 1.99. The standard InChI is InChI=1S/C12H16BrNO4S/c1-17-12-5-4-9(13)7-11(12)14-19(15,16)8-10-3-2-6-18-10/h4-5,7,10,14H,2-3,6,8H2,1H3. The molecule has 0 bridgehead atoms. The van der Waals surface area contributed by atoms with Crippen LogP contribution < -0.4 is 9.46 Å². The monoisotopic (exact) mass is 349 g/mol. The molecule has 0 saturated carbocycles. The summed E-state index contributed by atoms with van der Waals surface area (Å²) in [4.78, 5) is 0. The van der Waals surface area contributed by atoms with Crippen LogP contribution in [0.5, 0.6) is 5.75 Å². The van der Waals surface area contributed by atoms with Gasteiger partial charge in [-0.05, 0) is 31.0 Å². The molecule has 106 valence electrons. The molecule has 2 rings (SSSR count). The average Bonchev–Trinajstić information content (AvgIpc) is 2.80. The predicted octanol–water partition coefficient (Wildman–Crippen LogP) is 2.38. The summed E-state index contributed by atoms with van der Waals surface area (Å²) in [6.45, 7) is 0.639. The molecule has 1 fully saturated rings. The van der Waals surface area contributed by atoms with E-state index in [4.69, 9.17) is 9.47 Å². The smallest absolute Gasteiger partial charge is 0.235 e. The Morgan fingerprint density at radius 1 is 1.53 bits per heavy atom. The molecule has 0 amide bonds. The number of nitrogens with one attached hydrogen (secondary N) is 1. The van der Waals surface area contributed by atoms with Gasteiger partial charge in [0.25, 0.3) is 0 Å². The lowest BCUT2D eigenvalue weighted by atomic mass is 10.3. The predicted molar refractivity (Wildman–Crippen MR) is 77.1 cm³/mol. The quantitative estimate of drug-likeness (QED) is 0.886. The number of methoxy groups -OCH3 is 1. The molecule has 1 aliphatic heterocycles. The average molecular weight is 350 g/mol. The third-order valence-corrected chi connectivity index (χ3v) is 4.69. The summed E-state index contributed by atoms with van der Waals surface area (Å²) >= 11 is 3.31. The molecule has 1 saturated heterocycles. The molecule has 0 radical (unpaired) electrons. The van der Waals surface area contributed by atoms with Crippen molar-refractivity contribution >= 4 is 31.6 Å². The Kier molecular flexibility index (Phi) is 4.70. The second-order valence-corrected chi connectivity index (χ2v) is 7.05. The number of hydrogen-bond acceptors (Lipinski definition) is 4. The summed E-state index contributed by atoms with van der Waals surface area (Å²) in [6, 6.07) is 5.16. The summed E-state index contributed by atoms with van der Waals surface area (Å²) in [5, 5.41) is 0. The molecule has 5 nitrogen and oxygen atoms in total. The Hall–Kier alpha value is -0.790. The molecule has 1 aromatic carbocycles. The van der Waals surface area contributed by atoms with Gasteiger partial charge in [0.15, 0.2) is 0 Å². The number of ether oxygens (including phenoxy) is 2. The van der Waals surface area contributed by atoms with Crippen LogP contribution in [0.2, 0.25) is 0 Å². The molecule has 19 heavy (non-hydrogen) atoms. The molecule has 1 unspecified atom stereocenters. The Bertz CT molecular complexity index is 541. The Morgan fingerprint density at radius 2 is 2.32 bits per heavy atom. The van der Waals surface area contributed by atoms with Gasteiger partial charge in [0.2, 0.25) is 10.0 Å². The number of hydrogen-bond donors (Lipinski definition) is 1. The lowest BCUT2D eigenvalue weighted by Gasteiger charge is -2.14. The van der Waals surface area contributed by atoms with E-state index >= 15 is 0 Å². The highest BCUT2D eigenvalue weighted by atomic mass is 79.9. The van der Waals surface area contributed by atoms with Gasteiger partial charge >= 0.3 is 0 Å². The fraction of sp³-hybridized carbons (Fsp3) is 0.500. The molecule has 0 spiro atoms. The van der Waals surface area contributed by atoms with Crippen molar-refractivity contribution in [1.29, 1.82) is 0 Å². The van der Waals surface area contributed by atoms with Crippen LogP contribution in [0.3, 0.4) is 0 Å². The SMILES string of the molecule is COc1ccc(Br)cc1NS(=O)(=O)CC1CCCO1. The van der Waals surface area contributed by atoms with E-state index in [1.807, 2.05) is 0 Å². The molecule has 1 aromatic rings. The molecule has 0 aliphatic carbocycles. The van der Waals surface area contributed by atoms with E-state index in [1.165, 1.54) is 7.11 Å². The van der Waals surface area contributed by atoms with Crippen LogP contribution in [0.15, 0.2) is 22.7 Å². The Balaban J connectivity index is 2.12. The maximum atomic E-state index is 12.1. The first-order valence-corrected chi connectivity index (χ1v) is 8.40. The number of benzene rings is 1. The summed E-state index contributed by atoms with van der Waals surface area (Å²) in [5.41, 5.74) is 0.426. The second kappa shape index (κ2) is 6.11. The first kappa shape index (κ1) is 14.6. The highest BCUT2D eigenvalue weighted by Crippen LogP contribution is 2.29. The van der Waals surface area contributed by atoms with E-state index in [9.17, 15) is 8.42 Å². The molecule has 7 heteroatoms. The van der Waals surface area contributed by atoms with Crippen LogP contribution in [-0.2, 0) is 14.8 Å². The summed E-state index contributed by atoms with van der Waals surface area (Å²) in [5.74, 6) is 0.460. The van der Waals surface area contributed by atoms with E-state index in [2.05, 4.69) is 20.7 Å². The highest BCUT2D eigenvalue weighted by Gasteiger charge is 2.24. The summed E-state index contributed by atoms with van der Waals surface area (Å²) < 4.78 is 38.0. The van der Waals surface area contributed by atoms with Gasteiger partial charge in [-0.25, -0.2) is 8.42 Å². The largest absolute Gasteiger partial charge is 0.495 e. The highest BCUT2D eigenvalue weighted by molar-refractivity contribution is 9.10. The van der Waals surface area contributed by atoms with Crippen molar-refractivity contribution in [2.45, 2.75) is 18.9 Å². The zero-order valence-corrected chi connectivity index (χ0v) is 13.0. The van der Waals surface area contributed by atoms with E-state index in [0.717, 1.165) is 17.3 Å². The maximum Gasteiger partial charge on any atom is 0.235 e. The molecule has 1 heterocycles. The Labute approximate surface area is 121 Å². The van der Waals surface area contributed by atoms with Crippen LogP contribution >= 0.6 is 15.9 Å². The lowest BCUT2D eigenvalue weighted by Crippen LogP contribution is -2.25. The van der Waals surface area contributed by atoms with Crippen molar-refractivity contribution in [2.75, 3.05) is 24.2 Å². The van der Waals surface area contributed by atoms with Crippen LogP contribution in [-0.4, -0.2) is 34.0 Å². The zero-order chi connectivity index (χ0) is 13.9. The first-order chi connectivity index (χ1) is 9.00. The van der Waals surface area contributed by atoms with Crippen molar-refractivity contribution in [1.82, 2.24) is 0 Å². The number of rotatable bonds is 5. The topological polar surface area (TPSA) is 64.6 Å². The van der Waals surface area contributed by atoms with E-state index in [0.29, 0.717) is 18.0 Å². The van der Waals surface area contributed by atoms with Gasteiger partial charge < -0.3 is 9.47 Å². The van der Waals surface area contributed by atoms with Crippen molar-refractivity contribution in [3.8, 4) is 5.75 Å². The van der Waals surface area contributed by atoms with Crippen molar-refractivity contribution in [3.63, 3.8) is 0 Å². The second-order valence-electron chi connectivity index (χ2n) is 4.36. The van der Waals surface area contributed by atoms with E-state index in [1.54, 1.807) is 18.2 Å². The summed E-state index contributed by atoms with van der Waals surface area (Å²) in [7, 11) is -1.94. The number of anilines is 1. The van der Waals surface area contributed by atoms with Gasteiger partial charge in [0, 0.05) is 11.1 Å². The van der Waals surface area contributed by atoms with E-state index < -0.39 is 10.0 Å². The van der Waals surface area contributed by atoms with Crippen LogP contribution in [0, 0.1) is 0 Å². The number of sulfonamides is 1. The van der Waals surface area contributed by atoms with Gasteiger partial charge in [0.05, 0.1) is 24.7 Å². The van der Waals surface area contributed by atoms with Crippen molar-refractivity contribution in [2.24, 2.45) is 0 Å². The zero-order valence-electron chi connectivity index (χ0n) is 10.6. The molecule has 0 aromatic heterocycles. The van der Waals surface area contributed by atoms with Gasteiger partial charge in [-0.3, -0.25) is 4.72 Å². The van der Waals surface area contributed by atoms with Gasteiger partial charge in [-0.15, -0.1) is 0 Å². The number of halogens is 1. The van der Waals surface area contributed by atoms with E-state index in [-0.39, 0.29) is 11.9 Å². The van der Waals surface area contributed by atoms with Gasteiger partial charge in [-0.1, -0.05) is 15.9 Å². The maximum absolute atomic E-state index is 12.1. The fourth-order valence-corrected chi connectivity index (χ4v) is 3.68. The van der Waals surface area contributed by atoms with Crippen molar-refractivity contribution in [3.05, 3.63) is 22.7 Å². The van der Waals surface area contributed by atoms with Crippen LogP contribution in [0.4, 0.5) is 5.69 Å². The molecular formula is C12H16BrNO4S. The molecule has 1 aliphatic rings. The van der Waals surface area contributed by atoms with Gasteiger partial charge in [0.1, 0.15) is 5.75 Å². The third-order valence-electron chi connectivity index (χ3n) is 2.86. The Morgan fingerprint density at radius 3 is 2.95 bits per heavy atom.